The van der Waals surface area contributed by atoms with E-state index < -0.39 is 0 Å². The Kier molecular flexibility index (Phi) is 6.36. The lowest BCUT2D eigenvalue weighted by molar-refractivity contribution is -0.132. The second kappa shape index (κ2) is 8.08. The van der Waals surface area contributed by atoms with E-state index in [4.69, 9.17) is 0 Å². The highest BCUT2D eigenvalue weighted by atomic mass is 16.2. The number of nitrogens with one attached hydrogen (secondary N) is 1. The molecule has 2 amide bonds. The van der Waals surface area contributed by atoms with E-state index >= 15 is 0 Å². The first-order valence-corrected chi connectivity index (χ1v) is 6.40. The molecular weight excluding hydrogens is 240 g/mol. The molecule has 0 radical (unpaired) electrons. The lowest BCUT2D eigenvalue weighted by atomic mass is 10.2. The van der Waals surface area contributed by atoms with Crippen molar-refractivity contribution in [3.05, 3.63) is 42.0 Å². The average Bonchev–Trinajstić information content (AvgIpc) is 2.45. The van der Waals surface area contributed by atoms with Gasteiger partial charge in [0.25, 0.3) is 0 Å². The van der Waals surface area contributed by atoms with Crippen molar-refractivity contribution >= 4 is 17.9 Å². The SMILES string of the molecule is CCCN(CC(=O)NC)C(=O)/C=C/c1ccccc1. The highest BCUT2D eigenvalue weighted by molar-refractivity contribution is 5.94. The third-order valence-corrected chi connectivity index (χ3v) is 2.64. The molecule has 1 N–H and O–H groups in total. The van der Waals surface area contributed by atoms with Gasteiger partial charge in [0.1, 0.15) is 0 Å². The van der Waals surface area contributed by atoms with Gasteiger partial charge in [-0.1, -0.05) is 37.3 Å². The summed E-state index contributed by atoms with van der Waals surface area (Å²) in [5, 5.41) is 2.53. The molecule has 0 spiro atoms. The van der Waals surface area contributed by atoms with Crippen LogP contribution in [-0.4, -0.2) is 36.9 Å². The number of carbonyl (C=O) groups excluding carboxylic acids is 2. The normalized spacial score (nSPS) is 10.4. The minimum atomic E-state index is -0.157. The van der Waals surface area contributed by atoms with E-state index in [9.17, 15) is 9.59 Å². The van der Waals surface area contributed by atoms with Gasteiger partial charge in [0.15, 0.2) is 0 Å². The maximum Gasteiger partial charge on any atom is 0.247 e. The van der Waals surface area contributed by atoms with Crippen LogP contribution < -0.4 is 5.32 Å². The van der Waals surface area contributed by atoms with E-state index in [1.807, 2.05) is 37.3 Å². The Labute approximate surface area is 114 Å². The summed E-state index contributed by atoms with van der Waals surface area (Å²) in [6, 6.07) is 9.60. The van der Waals surface area contributed by atoms with E-state index in [1.165, 1.54) is 11.0 Å². The Morgan fingerprint density at radius 1 is 1.26 bits per heavy atom. The summed E-state index contributed by atoms with van der Waals surface area (Å²) in [7, 11) is 1.57. The van der Waals surface area contributed by atoms with Crippen molar-refractivity contribution in [3.63, 3.8) is 0 Å². The van der Waals surface area contributed by atoms with Crippen LogP contribution in [0.25, 0.3) is 6.08 Å². The average molecular weight is 260 g/mol. The van der Waals surface area contributed by atoms with Gasteiger partial charge < -0.3 is 10.2 Å². The summed E-state index contributed by atoms with van der Waals surface area (Å²) < 4.78 is 0. The predicted octanol–water partition coefficient (Wildman–Crippen LogP) is 1.68. The van der Waals surface area contributed by atoms with Gasteiger partial charge >= 0.3 is 0 Å². The highest BCUT2D eigenvalue weighted by Crippen LogP contribution is 2.02. The Hall–Kier alpha value is -2.10. The number of carbonyl (C=O) groups is 2. The van der Waals surface area contributed by atoms with Crippen molar-refractivity contribution in [2.75, 3.05) is 20.1 Å². The number of amides is 2. The van der Waals surface area contributed by atoms with Gasteiger partial charge in [0.2, 0.25) is 11.8 Å². The van der Waals surface area contributed by atoms with Crippen LogP contribution in [-0.2, 0) is 9.59 Å². The molecule has 0 atom stereocenters. The molecule has 0 fully saturated rings. The third kappa shape index (κ3) is 5.38. The van der Waals surface area contributed by atoms with Gasteiger partial charge in [-0.05, 0) is 18.1 Å². The van der Waals surface area contributed by atoms with E-state index in [-0.39, 0.29) is 18.4 Å². The monoisotopic (exact) mass is 260 g/mol. The first-order valence-electron chi connectivity index (χ1n) is 6.40. The number of hydrogen-bond acceptors (Lipinski definition) is 2. The Balaban J connectivity index is 2.66. The van der Waals surface area contributed by atoms with Crippen molar-refractivity contribution in [2.24, 2.45) is 0 Å². The standard InChI is InChI=1S/C15H20N2O2/c1-3-11-17(12-14(18)16-2)15(19)10-9-13-7-5-4-6-8-13/h4-10H,3,11-12H2,1-2H3,(H,16,18)/b10-9+. The van der Waals surface area contributed by atoms with Crippen LogP contribution in [0.15, 0.2) is 36.4 Å². The summed E-state index contributed by atoms with van der Waals surface area (Å²) in [6.45, 7) is 2.65. The van der Waals surface area contributed by atoms with Crippen LogP contribution in [0.3, 0.4) is 0 Å². The number of nitrogens with zero attached hydrogens (tertiary/aromatic N) is 1. The zero-order chi connectivity index (χ0) is 14.1. The van der Waals surface area contributed by atoms with Gasteiger partial charge in [-0.25, -0.2) is 0 Å². The second-order valence-corrected chi connectivity index (χ2v) is 4.18. The van der Waals surface area contributed by atoms with Gasteiger partial charge in [0, 0.05) is 19.7 Å². The summed E-state index contributed by atoms with van der Waals surface area (Å²) >= 11 is 0. The molecule has 0 unspecified atom stereocenters. The lowest BCUT2D eigenvalue weighted by Gasteiger charge is -2.19. The molecular formula is C15H20N2O2. The minimum absolute atomic E-state index is 0.0995. The summed E-state index contributed by atoms with van der Waals surface area (Å²) in [4.78, 5) is 24.9. The Morgan fingerprint density at radius 3 is 2.53 bits per heavy atom. The van der Waals surface area contributed by atoms with Crippen molar-refractivity contribution in [1.29, 1.82) is 0 Å². The quantitative estimate of drug-likeness (QED) is 0.791. The zero-order valence-corrected chi connectivity index (χ0v) is 11.4. The maximum atomic E-state index is 12.0. The minimum Gasteiger partial charge on any atom is -0.358 e. The summed E-state index contributed by atoms with van der Waals surface area (Å²) in [5.41, 5.74) is 0.965. The number of rotatable bonds is 6. The van der Waals surface area contributed by atoms with Gasteiger partial charge in [-0.15, -0.1) is 0 Å². The molecule has 0 aliphatic carbocycles. The molecule has 1 aromatic rings. The van der Waals surface area contributed by atoms with Crippen molar-refractivity contribution in [3.8, 4) is 0 Å². The third-order valence-electron chi connectivity index (χ3n) is 2.64. The predicted molar refractivity (Wildman–Crippen MR) is 76.4 cm³/mol. The molecule has 0 saturated carbocycles. The first-order chi connectivity index (χ1) is 9.17. The van der Waals surface area contributed by atoms with Crippen molar-refractivity contribution < 1.29 is 9.59 Å². The molecule has 0 aliphatic heterocycles. The van der Waals surface area contributed by atoms with Gasteiger partial charge in [-0.3, -0.25) is 9.59 Å². The Morgan fingerprint density at radius 2 is 1.95 bits per heavy atom. The van der Waals surface area contributed by atoms with Crippen LogP contribution >= 0.6 is 0 Å². The van der Waals surface area contributed by atoms with Crippen LogP contribution in [0.1, 0.15) is 18.9 Å². The van der Waals surface area contributed by atoms with Gasteiger partial charge in [-0.2, -0.15) is 0 Å². The topological polar surface area (TPSA) is 49.4 Å². The largest absolute Gasteiger partial charge is 0.358 e. The van der Waals surface area contributed by atoms with Crippen LogP contribution in [0.2, 0.25) is 0 Å². The number of hydrogen-bond donors (Lipinski definition) is 1. The number of benzene rings is 1. The molecule has 1 rings (SSSR count). The Bertz CT molecular complexity index is 441. The van der Waals surface area contributed by atoms with E-state index in [0.29, 0.717) is 6.54 Å². The molecule has 0 saturated heterocycles. The zero-order valence-electron chi connectivity index (χ0n) is 11.4. The van der Waals surface area contributed by atoms with Crippen molar-refractivity contribution in [2.45, 2.75) is 13.3 Å². The van der Waals surface area contributed by atoms with Crippen LogP contribution in [0, 0.1) is 0 Å². The number of likely N-dealkylation sites (N-methyl/N-ethyl adjacent to an activating group) is 1. The second-order valence-electron chi connectivity index (χ2n) is 4.18. The molecule has 0 aliphatic rings. The fourth-order valence-electron chi connectivity index (χ4n) is 1.63. The lowest BCUT2D eigenvalue weighted by Crippen LogP contribution is -2.39. The fourth-order valence-corrected chi connectivity index (χ4v) is 1.63. The van der Waals surface area contributed by atoms with Crippen molar-refractivity contribution in [1.82, 2.24) is 10.2 Å². The molecule has 4 heteroatoms. The molecule has 4 nitrogen and oxygen atoms in total. The first kappa shape index (κ1) is 15.0. The summed E-state index contributed by atoms with van der Waals surface area (Å²) in [6.07, 6.45) is 4.09. The smallest absolute Gasteiger partial charge is 0.247 e. The maximum absolute atomic E-state index is 12.0. The fraction of sp³-hybridized carbons (Fsp3) is 0.333. The summed E-state index contributed by atoms with van der Waals surface area (Å²) in [5.74, 6) is -0.302. The molecule has 102 valence electrons. The van der Waals surface area contributed by atoms with E-state index in [2.05, 4.69) is 5.32 Å². The molecule has 0 bridgehead atoms. The van der Waals surface area contributed by atoms with Crippen LogP contribution in [0.5, 0.6) is 0 Å². The van der Waals surface area contributed by atoms with E-state index in [1.54, 1.807) is 13.1 Å². The molecule has 1 aromatic carbocycles. The van der Waals surface area contributed by atoms with Gasteiger partial charge in [0.05, 0.1) is 6.54 Å². The molecule has 19 heavy (non-hydrogen) atoms. The molecule has 0 aromatic heterocycles. The highest BCUT2D eigenvalue weighted by Gasteiger charge is 2.12. The molecule has 0 heterocycles. The van der Waals surface area contributed by atoms with Crippen LogP contribution in [0.4, 0.5) is 0 Å². The van der Waals surface area contributed by atoms with E-state index in [0.717, 1.165) is 12.0 Å².